The van der Waals surface area contributed by atoms with Crippen LogP contribution in [0.1, 0.15) is 35.7 Å². The molecule has 2 aromatic carbocycles. The number of benzene rings is 2. The van der Waals surface area contributed by atoms with Gasteiger partial charge in [-0.2, -0.15) is 5.10 Å². The minimum Gasteiger partial charge on any atom is -0.459 e. The van der Waals surface area contributed by atoms with E-state index >= 15 is 0 Å². The number of carbonyl (C=O) groups excluding carboxylic acids is 1. The molecule has 1 N–H and O–H groups in total. The lowest BCUT2D eigenvalue weighted by Crippen LogP contribution is -2.36. The van der Waals surface area contributed by atoms with Crippen LogP contribution in [0.25, 0.3) is 16.7 Å². The van der Waals surface area contributed by atoms with Crippen LogP contribution in [0.2, 0.25) is 0 Å². The highest BCUT2D eigenvalue weighted by Crippen LogP contribution is 2.23. The molecule has 4 aromatic rings. The van der Waals surface area contributed by atoms with E-state index in [4.69, 9.17) is 9.52 Å². The van der Waals surface area contributed by atoms with Crippen molar-refractivity contribution in [3.63, 3.8) is 0 Å². The zero-order chi connectivity index (χ0) is 22.0. The SMILES string of the molecule is Cc1nn(-c2ccccc2)c(C)c1CN(C)CC(=O)N[C@H](C)c1cc2ccccc2o1. The average Bonchev–Trinajstić information content (AvgIpc) is 3.31. The van der Waals surface area contributed by atoms with Gasteiger partial charge in [0.25, 0.3) is 0 Å². The normalized spacial score (nSPS) is 12.4. The number of rotatable bonds is 7. The quantitative estimate of drug-likeness (QED) is 0.480. The molecule has 2 heterocycles. The fraction of sp³-hybridized carbons (Fsp3) is 0.280. The Bertz CT molecular complexity index is 1160. The minimum atomic E-state index is -0.197. The molecule has 160 valence electrons. The van der Waals surface area contributed by atoms with E-state index in [2.05, 4.69) is 12.2 Å². The van der Waals surface area contributed by atoms with Crippen LogP contribution in [0.5, 0.6) is 0 Å². The predicted octanol–water partition coefficient (Wildman–Crippen LogP) is 4.54. The lowest BCUT2D eigenvalue weighted by Gasteiger charge is -2.18. The summed E-state index contributed by atoms with van der Waals surface area (Å²) in [5.41, 5.74) is 5.08. The van der Waals surface area contributed by atoms with Crippen LogP contribution in [0.4, 0.5) is 0 Å². The summed E-state index contributed by atoms with van der Waals surface area (Å²) in [6.45, 7) is 6.96. The number of furan rings is 1. The number of para-hydroxylation sites is 2. The van der Waals surface area contributed by atoms with Gasteiger partial charge < -0.3 is 9.73 Å². The molecule has 0 aliphatic carbocycles. The van der Waals surface area contributed by atoms with Crippen molar-refractivity contribution in [1.29, 1.82) is 0 Å². The van der Waals surface area contributed by atoms with Gasteiger partial charge in [-0.3, -0.25) is 9.69 Å². The van der Waals surface area contributed by atoms with Gasteiger partial charge in [-0.25, -0.2) is 4.68 Å². The maximum atomic E-state index is 12.6. The molecule has 6 nitrogen and oxygen atoms in total. The van der Waals surface area contributed by atoms with E-state index in [1.165, 1.54) is 0 Å². The zero-order valence-electron chi connectivity index (χ0n) is 18.4. The fourth-order valence-corrected chi connectivity index (χ4v) is 3.87. The Kier molecular flexibility index (Phi) is 5.91. The van der Waals surface area contributed by atoms with Crippen LogP contribution in [0, 0.1) is 13.8 Å². The monoisotopic (exact) mass is 416 g/mol. The number of carbonyl (C=O) groups is 1. The number of nitrogens with zero attached hydrogens (tertiary/aromatic N) is 3. The number of nitrogens with one attached hydrogen (secondary N) is 1. The molecule has 0 aliphatic rings. The summed E-state index contributed by atoms with van der Waals surface area (Å²) in [5, 5.41) is 8.78. The maximum absolute atomic E-state index is 12.6. The molecule has 0 saturated heterocycles. The van der Waals surface area contributed by atoms with Crippen LogP contribution in [-0.4, -0.2) is 34.2 Å². The molecular weight excluding hydrogens is 388 g/mol. The lowest BCUT2D eigenvalue weighted by atomic mass is 10.2. The van der Waals surface area contributed by atoms with Crippen LogP contribution < -0.4 is 5.32 Å². The number of amides is 1. The Morgan fingerprint density at radius 2 is 1.84 bits per heavy atom. The van der Waals surface area contributed by atoms with E-state index < -0.39 is 0 Å². The van der Waals surface area contributed by atoms with Gasteiger partial charge in [0.05, 0.1) is 24.0 Å². The van der Waals surface area contributed by atoms with Crippen molar-refractivity contribution < 1.29 is 9.21 Å². The highest BCUT2D eigenvalue weighted by atomic mass is 16.3. The third-order valence-corrected chi connectivity index (χ3v) is 5.53. The van der Waals surface area contributed by atoms with Crippen LogP contribution >= 0.6 is 0 Å². The summed E-state index contributed by atoms with van der Waals surface area (Å²) < 4.78 is 7.83. The Morgan fingerprint density at radius 3 is 2.58 bits per heavy atom. The molecule has 1 amide bonds. The first-order chi connectivity index (χ1) is 14.9. The second-order valence-corrected chi connectivity index (χ2v) is 8.04. The molecule has 0 unspecified atom stereocenters. The van der Waals surface area contributed by atoms with Crippen molar-refractivity contribution in [3.8, 4) is 5.69 Å². The zero-order valence-corrected chi connectivity index (χ0v) is 18.4. The highest BCUT2D eigenvalue weighted by molar-refractivity contribution is 5.80. The number of hydrogen-bond donors (Lipinski definition) is 1. The van der Waals surface area contributed by atoms with Crippen LogP contribution in [0.3, 0.4) is 0 Å². The molecule has 2 aromatic heterocycles. The number of hydrogen-bond acceptors (Lipinski definition) is 4. The number of aromatic nitrogens is 2. The molecule has 6 heteroatoms. The van der Waals surface area contributed by atoms with Crippen molar-refractivity contribution in [2.75, 3.05) is 13.6 Å². The molecule has 0 saturated carbocycles. The van der Waals surface area contributed by atoms with Crippen molar-refractivity contribution in [2.45, 2.75) is 33.4 Å². The van der Waals surface area contributed by atoms with Crippen molar-refractivity contribution >= 4 is 16.9 Å². The molecule has 31 heavy (non-hydrogen) atoms. The van der Waals surface area contributed by atoms with Gasteiger partial charge in [0, 0.05) is 23.2 Å². The first-order valence-electron chi connectivity index (χ1n) is 10.5. The summed E-state index contributed by atoms with van der Waals surface area (Å²) >= 11 is 0. The Morgan fingerprint density at radius 1 is 1.13 bits per heavy atom. The lowest BCUT2D eigenvalue weighted by molar-refractivity contribution is -0.122. The molecule has 0 spiro atoms. The van der Waals surface area contributed by atoms with Gasteiger partial charge in [-0.05, 0) is 52.1 Å². The predicted molar refractivity (Wildman–Crippen MR) is 122 cm³/mol. The summed E-state index contributed by atoms with van der Waals surface area (Å²) in [5.74, 6) is 0.717. The highest BCUT2D eigenvalue weighted by Gasteiger charge is 2.18. The average molecular weight is 417 g/mol. The van der Waals surface area contributed by atoms with E-state index in [1.54, 1.807) is 0 Å². The summed E-state index contributed by atoms with van der Waals surface area (Å²) in [4.78, 5) is 14.6. The third kappa shape index (κ3) is 4.54. The number of fused-ring (bicyclic) bond motifs is 1. The topological polar surface area (TPSA) is 63.3 Å². The van der Waals surface area contributed by atoms with E-state index in [0.717, 1.165) is 39.4 Å². The van der Waals surface area contributed by atoms with E-state index in [-0.39, 0.29) is 11.9 Å². The van der Waals surface area contributed by atoms with E-state index in [1.807, 2.05) is 91.1 Å². The molecule has 4 rings (SSSR count). The van der Waals surface area contributed by atoms with Gasteiger partial charge in [-0.1, -0.05) is 36.4 Å². The molecule has 0 fully saturated rings. The summed E-state index contributed by atoms with van der Waals surface area (Å²) in [6.07, 6.45) is 0. The van der Waals surface area contributed by atoms with E-state index in [0.29, 0.717) is 13.1 Å². The van der Waals surface area contributed by atoms with Gasteiger partial charge in [0.2, 0.25) is 5.91 Å². The first kappa shape index (κ1) is 20.9. The minimum absolute atomic E-state index is 0.0405. The van der Waals surface area contributed by atoms with Crippen LogP contribution in [-0.2, 0) is 11.3 Å². The van der Waals surface area contributed by atoms with Crippen molar-refractivity contribution in [3.05, 3.63) is 83.4 Å². The molecule has 0 aliphatic heterocycles. The Balaban J connectivity index is 1.39. The standard InChI is InChI=1S/C25H28N4O2/c1-17-22(19(3)29(27-17)21-11-6-5-7-12-21)15-28(4)16-25(30)26-18(2)24-14-20-10-8-9-13-23(20)31-24/h5-14,18H,15-16H2,1-4H3,(H,26,30)/t18-/m1/s1. The van der Waals surface area contributed by atoms with Gasteiger partial charge in [0.15, 0.2) is 0 Å². The summed E-state index contributed by atoms with van der Waals surface area (Å²) in [6, 6.07) is 19.7. The number of aryl methyl sites for hydroxylation is 1. The van der Waals surface area contributed by atoms with Gasteiger partial charge in [0.1, 0.15) is 11.3 Å². The summed E-state index contributed by atoms with van der Waals surface area (Å²) in [7, 11) is 1.95. The third-order valence-electron chi connectivity index (χ3n) is 5.53. The van der Waals surface area contributed by atoms with Crippen LogP contribution in [0.15, 0.2) is 65.1 Å². The first-order valence-corrected chi connectivity index (χ1v) is 10.5. The van der Waals surface area contributed by atoms with Gasteiger partial charge in [-0.15, -0.1) is 0 Å². The van der Waals surface area contributed by atoms with Gasteiger partial charge >= 0.3 is 0 Å². The maximum Gasteiger partial charge on any atom is 0.234 e. The van der Waals surface area contributed by atoms with Crippen molar-refractivity contribution in [2.24, 2.45) is 0 Å². The Hall–Kier alpha value is -3.38. The largest absolute Gasteiger partial charge is 0.459 e. The molecule has 0 radical (unpaired) electrons. The molecule has 1 atom stereocenters. The number of likely N-dealkylation sites (N-methyl/N-ethyl adjacent to an activating group) is 1. The second kappa shape index (κ2) is 8.78. The Labute approximate surface area is 182 Å². The second-order valence-electron chi connectivity index (χ2n) is 8.04. The van der Waals surface area contributed by atoms with Crippen molar-refractivity contribution in [1.82, 2.24) is 20.0 Å². The fourth-order valence-electron chi connectivity index (χ4n) is 3.87. The van der Waals surface area contributed by atoms with E-state index in [9.17, 15) is 4.79 Å². The smallest absolute Gasteiger partial charge is 0.234 e. The molecule has 0 bridgehead atoms. The molecular formula is C25H28N4O2.